The van der Waals surface area contributed by atoms with Crippen molar-refractivity contribution >= 4 is 23.7 Å². The lowest BCUT2D eigenvalue weighted by Gasteiger charge is -1.97. The van der Waals surface area contributed by atoms with Crippen LogP contribution in [0.4, 0.5) is 0 Å². The molecule has 0 aromatic carbocycles. The van der Waals surface area contributed by atoms with Crippen LogP contribution >= 0.6 is 0 Å². The van der Waals surface area contributed by atoms with Crippen LogP contribution in [0.3, 0.4) is 0 Å². The summed E-state index contributed by atoms with van der Waals surface area (Å²) in [6.45, 7) is 0. The summed E-state index contributed by atoms with van der Waals surface area (Å²) in [5.41, 5.74) is 0.350. The largest absolute Gasteiger partial charge is 0.281 e. The SMILES string of the molecule is N=C1N=CN=C2N=NN=C12. The summed E-state index contributed by atoms with van der Waals surface area (Å²) in [4.78, 5) is 7.33. The van der Waals surface area contributed by atoms with Crippen molar-refractivity contribution in [2.75, 3.05) is 0 Å². The lowest BCUT2D eigenvalue weighted by atomic mass is 10.3. The van der Waals surface area contributed by atoms with Gasteiger partial charge in [0.05, 0.1) is 0 Å². The summed E-state index contributed by atoms with van der Waals surface area (Å²) in [6, 6.07) is 0. The number of fused-ring (bicyclic) bond motifs is 1. The van der Waals surface area contributed by atoms with Crippen LogP contribution in [0.15, 0.2) is 25.4 Å². The molecule has 0 aliphatic carbocycles. The lowest BCUT2D eigenvalue weighted by Crippen LogP contribution is -2.21. The van der Waals surface area contributed by atoms with Crippen LogP contribution < -0.4 is 0 Å². The van der Waals surface area contributed by atoms with Gasteiger partial charge in [-0.3, -0.25) is 5.41 Å². The van der Waals surface area contributed by atoms with E-state index in [9.17, 15) is 0 Å². The zero-order valence-corrected chi connectivity index (χ0v) is 4.81. The van der Waals surface area contributed by atoms with Crippen LogP contribution in [0, 0.1) is 5.41 Å². The fraction of sp³-hybridized carbons (Fsp3) is 0. The van der Waals surface area contributed by atoms with E-state index in [1.807, 2.05) is 0 Å². The first-order valence-corrected chi connectivity index (χ1v) is 2.56. The van der Waals surface area contributed by atoms with Crippen LogP contribution in [0.5, 0.6) is 0 Å². The molecule has 0 atom stereocenters. The Hall–Kier alpha value is -1.72. The van der Waals surface area contributed by atoms with E-state index in [1.165, 1.54) is 6.34 Å². The number of aliphatic imine (C=N–C) groups is 2. The maximum Gasteiger partial charge on any atom is 0.209 e. The third-order valence-corrected chi connectivity index (χ3v) is 1.09. The molecule has 2 rings (SSSR count). The number of nitrogens with zero attached hydrogens (tertiary/aromatic N) is 5. The molecule has 0 spiro atoms. The van der Waals surface area contributed by atoms with Gasteiger partial charge in [0.2, 0.25) is 5.84 Å². The molecule has 0 aromatic rings. The molecule has 6 heteroatoms. The number of hydrogen-bond acceptors (Lipinski definition) is 5. The van der Waals surface area contributed by atoms with Crippen LogP contribution in [0.25, 0.3) is 0 Å². The van der Waals surface area contributed by atoms with Crippen molar-refractivity contribution in [3.05, 3.63) is 0 Å². The molecule has 0 fully saturated rings. The van der Waals surface area contributed by atoms with Crippen LogP contribution in [-0.2, 0) is 0 Å². The van der Waals surface area contributed by atoms with Gasteiger partial charge in [-0.1, -0.05) is 0 Å². The van der Waals surface area contributed by atoms with E-state index in [0.29, 0.717) is 11.5 Å². The zero-order chi connectivity index (χ0) is 6.97. The second-order valence-electron chi connectivity index (χ2n) is 1.68. The monoisotopic (exact) mass is 134 g/mol. The van der Waals surface area contributed by atoms with Crippen molar-refractivity contribution < 1.29 is 0 Å². The number of rotatable bonds is 0. The summed E-state index contributed by atoms with van der Waals surface area (Å²) < 4.78 is 0. The smallest absolute Gasteiger partial charge is 0.209 e. The Labute approximate surface area is 55.6 Å². The molecular formula is C4H2N6. The highest BCUT2D eigenvalue weighted by Crippen LogP contribution is 2.03. The fourth-order valence-corrected chi connectivity index (χ4v) is 0.644. The van der Waals surface area contributed by atoms with Gasteiger partial charge in [0, 0.05) is 0 Å². The molecule has 2 heterocycles. The van der Waals surface area contributed by atoms with Gasteiger partial charge in [-0.25, -0.2) is 9.98 Å². The van der Waals surface area contributed by atoms with E-state index in [1.54, 1.807) is 0 Å². The Balaban J connectivity index is 2.54. The van der Waals surface area contributed by atoms with Crippen molar-refractivity contribution in [1.29, 1.82) is 5.41 Å². The van der Waals surface area contributed by atoms with Crippen LogP contribution in [0.2, 0.25) is 0 Å². The van der Waals surface area contributed by atoms with Crippen LogP contribution in [0.1, 0.15) is 0 Å². The van der Waals surface area contributed by atoms with E-state index in [4.69, 9.17) is 5.41 Å². The van der Waals surface area contributed by atoms with E-state index >= 15 is 0 Å². The molecule has 1 N–H and O–H groups in total. The molecule has 2 aliphatic rings. The van der Waals surface area contributed by atoms with Crippen molar-refractivity contribution in [3.8, 4) is 0 Å². The first-order chi connectivity index (χ1) is 4.88. The minimum atomic E-state index is 0.0648. The third kappa shape index (κ3) is 0.524. The highest BCUT2D eigenvalue weighted by molar-refractivity contribution is 6.69. The zero-order valence-electron chi connectivity index (χ0n) is 4.81. The topological polar surface area (TPSA) is 85.6 Å². The van der Waals surface area contributed by atoms with Gasteiger partial charge in [0.1, 0.15) is 6.34 Å². The quantitative estimate of drug-likeness (QED) is 0.491. The minimum absolute atomic E-state index is 0.0648. The molecular weight excluding hydrogens is 132 g/mol. The molecule has 0 saturated carbocycles. The molecule has 0 saturated heterocycles. The van der Waals surface area contributed by atoms with E-state index in [0.717, 1.165) is 0 Å². The number of hydrogen-bond donors (Lipinski definition) is 1. The predicted molar refractivity (Wildman–Crippen MR) is 35.9 cm³/mol. The minimum Gasteiger partial charge on any atom is -0.281 e. The van der Waals surface area contributed by atoms with E-state index in [-0.39, 0.29) is 5.84 Å². The van der Waals surface area contributed by atoms with Crippen molar-refractivity contribution in [2.24, 2.45) is 25.4 Å². The second-order valence-corrected chi connectivity index (χ2v) is 1.68. The van der Waals surface area contributed by atoms with Crippen molar-refractivity contribution in [1.82, 2.24) is 0 Å². The summed E-state index contributed by atoms with van der Waals surface area (Å²) in [7, 11) is 0. The van der Waals surface area contributed by atoms with E-state index < -0.39 is 0 Å². The number of nitrogens with one attached hydrogen (secondary N) is 1. The van der Waals surface area contributed by atoms with Crippen molar-refractivity contribution in [2.45, 2.75) is 0 Å². The molecule has 10 heavy (non-hydrogen) atoms. The number of amidine groups is 2. The van der Waals surface area contributed by atoms with Gasteiger partial charge < -0.3 is 0 Å². The Morgan fingerprint density at radius 1 is 1.40 bits per heavy atom. The van der Waals surface area contributed by atoms with Gasteiger partial charge >= 0.3 is 0 Å². The molecule has 0 unspecified atom stereocenters. The molecule has 0 amide bonds. The molecule has 0 aromatic heterocycles. The Bertz CT molecular complexity index is 300. The first kappa shape index (κ1) is 5.10. The second kappa shape index (κ2) is 1.63. The molecule has 0 radical (unpaired) electrons. The molecule has 0 bridgehead atoms. The van der Waals surface area contributed by atoms with Gasteiger partial charge in [0.15, 0.2) is 11.5 Å². The molecule has 2 aliphatic heterocycles. The average Bonchev–Trinajstić information content (AvgIpc) is 2.36. The maximum atomic E-state index is 7.19. The lowest BCUT2D eigenvalue weighted by molar-refractivity contribution is 1.13. The van der Waals surface area contributed by atoms with Gasteiger partial charge in [-0.15, -0.1) is 10.2 Å². The Morgan fingerprint density at radius 3 is 3.10 bits per heavy atom. The van der Waals surface area contributed by atoms with Gasteiger partial charge in [-0.05, 0) is 5.22 Å². The fourth-order valence-electron chi connectivity index (χ4n) is 0.644. The van der Waals surface area contributed by atoms with Crippen LogP contribution in [-0.4, -0.2) is 23.7 Å². The summed E-state index contributed by atoms with van der Waals surface area (Å²) in [6.07, 6.45) is 1.26. The molecule has 48 valence electrons. The normalized spacial score (nSPS) is 20.6. The average molecular weight is 134 g/mol. The third-order valence-electron chi connectivity index (χ3n) is 1.09. The van der Waals surface area contributed by atoms with Crippen molar-refractivity contribution in [3.63, 3.8) is 0 Å². The summed E-state index contributed by atoms with van der Waals surface area (Å²) in [5, 5.41) is 17.6. The predicted octanol–water partition coefficient (Wildman–Crippen LogP) is 0.226. The highest BCUT2D eigenvalue weighted by Gasteiger charge is 2.20. The summed E-state index contributed by atoms with van der Waals surface area (Å²) in [5.74, 6) is 0.440. The highest BCUT2D eigenvalue weighted by atomic mass is 15.4. The maximum absolute atomic E-state index is 7.19. The van der Waals surface area contributed by atoms with Gasteiger partial charge in [-0.2, -0.15) is 0 Å². The first-order valence-electron chi connectivity index (χ1n) is 2.56. The Kier molecular flexibility index (Phi) is 0.830. The van der Waals surface area contributed by atoms with Gasteiger partial charge in [0.25, 0.3) is 0 Å². The standard InChI is InChI=1S/C4H2N6/c5-3-2-4(7-1-6-3)9-10-8-2/h1,5H. The summed E-state index contributed by atoms with van der Waals surface area (Å²) >= 11 is 0. The molecule has 6 nitrogen and oxygen atoms in total. The Morgan fingerprint density at radius 2 is 2.30 bits per heavy atom. The van der Waals surface area contributed by atoms with E-state index in [2.05, 4.69) is 25.4 Å².